The normalized spacial score (nSPS) is 14.8. The highest BCUT2D eigenvalue weighted by Gasteiger charge is 2.24. The average molecular weight is 276 g/mol. The number of nitrogens with one attached hydrogen (secondary N) is 1. The van der Waals surface area contributed by atoms with E-state index in [4.69, 9.17) is 5.73 Å². The monoisotopic (exact) mass is 276 g/mol. The Balaban J connectivity index is 2.69. The lowest BCUT2D eigenvalue weighted by atomic mass is 9.85. The van der Waals surface area contributed by atoms with Gasteiger partial charge < -0.3 is 11.1 Å². The number of nitrogens with two attached hydrogens (primary N) is 1. The summed E-state index contributed by atoms with van der Waals surface area (Å²) in [5.41, 5.74) is 9.58. The van der Waals surface area contributed by atoms with Crippen molar-refractivity contribution < 1.29 is 4.79 Å². The molecule has 0 spiro atoms. The summed E-state index contributed by atoms with van der Waals surface area (Å²) in [6, 6.07) is 6.18. The van der Waals surface area contributed by atoms with Gasteiger partial charge in [0.2, 0.25) is 5.91 Å². The third-order valence-corrected chi connectivity index (χ3v) is 3.80. The van der Waals surface area contributed by atoms with E-state index in [-0.39, 0.29) is 23.4 Å². The molecule has 0 aliphatic carbocycles. The number of amides is 1. The summed E-state index contributed by atoms with van der Waals surface area (Å²) in [6.07, 6.45) is 0.360. The fourth-order valence-corrected chi connectivity index (χ4v) is 2.11. The molecule has 0 aromatic heterocycles. The zero-order chi connectivity index (χ0) is 15.5. The number of carbonyl (C=O) groups is 1. The van der Waals surface area contributed by atoms with Crippen LogP contribution >= 0.6 is 0 Å². The van der Waals surface area contributed by atoms with E-state index in [2.05, 4.69) is 58.1 Å². The van der Waals surface area contributed by atoms with Crippen LogP contribution < -0.4 is 11.1 Å². The number of aryl methyl sites for hydroxylation is 2. The Labute approximate surface area is 122 Å². The Morgan fingerprint density at radius 2 is 1.90 bits per heavy atom. The van der Waals surface area contributed by atoms with Crippen LogP contribution in [0.5, 0.6) is 0 Å². The molecule has 0 aliphatic heterocycles. The van der Waals surface area contributed by atoms with Gasteiger partial charge in [0, 0.05) is 12.5 Å². The Kier molecular flexibility index (Phi) is 5.35. The molecule has 0 saturated carbocycles. The van der Waals surface area contributed by atoms with Crippen molar-refractivity contribution in [2.45, 2.75) is 60.0 Å². The molecular formula is C17H28N2O. The van der Waals surface area contributed by atoms with Gasteiger partial charge in [-0.25, -0.2) is 0 Å². The predicted molar refractivity (Wildman–Crippen MR) is 84.5 cm³/mol. The standard InChI is InChI=1S/C17H28N2O/c1-11-7-8-12(2)14(9-11)13(3)19-16(20)10-15(18)17(4,5)6/h7-9,13,15H,10,18H2,1-6H3,(H,19,20). The zero-order valence-electron chi connectivity index (χ0n) is 13.6. The van der Waals surface area contributed by atoms with E-state index in [1.807, 2.05) is 6.92 Å². The molecular weight excluding hydrogens is 248 g/mol. The highest BCUT2D eigenvalue weighted by Crippen LogP contribution is 2.21. The van der Waals surface area contributed by atoms with E-state index < -0.39 is 0 Å². The third kappa shape index (κ3) is 4.64. The van der Waals surface area contributed by atoms with E-state index in [0.717, 1.165) is 0 Å². The predicted octanol–water partition coefficient (Wildman–Crippen LogP) is 3.24. The molecule has 0 fully saturated rings. The number of hydrogen-bond acceptors (Lipinski definition) is 2. The SMILES string of the molecule is Cc1ccc(C)c(C(C)NC(=O)CC(N)C(C)(C)C)c1. The molecule has 2 atom stereocenters. The van der Waals surface area contributed by atoms with Gasteiger partial charge in [-0.05, 0) is 37.3 Å². The number of rotatable bonds is 4. The van der Waals surface area contributed by atoms with Crippen LogP contribution in [0.1, 0.15) is 56.8 Å². The molecule has 112 valence electrons. The van der Waals surface area contributed by atoms with Crippen LogP contribution in [0.25, 0.3) is 0 Å². The number of benzene rings is 1. The molecule has 0 radical (unpaired) electrons. The highest BCUT2D eigenvalue weighted by atomic mass is 16.1. The smallest absolute Gasteiger partial charge is 0.222 e. The summed E-state index contributed by atoms with van der Waals surface area (Å²) in [5.74, 6) is 0.0147. The van der Waals surface area contributed by atoms with Gasteiger partial charge in [-0.3, -0.25) is 4.79 Å². The largest absolute Gasteiger partial charge is 0.350 e. The maximum absolute atomic E-state index is 12.1. The molecule has 1 aromatic carbocycles. The molecule has 0 bridgehead atoms. The van der Waals surface area contributed by atoms with Crippen LogP contribution in [0, 0.1) is 19.3 Å². The Morgan fingerprint density at radius 1 is 1.30 bits per heavy atom. The lowest BCUT2D eigenvalue weighted by Crippen LogP contribution is -2.40. The molecule has 2 unspecified atom stereocenters. The topological polar surface area (TPSA) is 55.1 Å². The van der Waals surface area contributed by atoms with Gasteiger partial charge in [0.25, 0.3) is 0 Å². The summed E-state index contributed by atoms with van der Waals surface area (Å²) in [7, 11) is 0. The maximum Gasteiger partial charge on any atom is 0.222 e. The minimum Gasteiger partial charge on any atom is -0.350 e. The molecule has 20 heavy (non-hydrogen) atoms. The molecule has 0 saturated heterocycles. The van der Waals surface area contributed by atoms with Gasteiger partial charge >= 0.3 is 0 Å². The zero-order valence-corrected chi connectivity index (χ0v) is 13.6. The Bertz CT molecular complexity index is 474. The van der Waals surface area contributed by atoms with Crippen LogP contribution in [0.2, 0.25) is 0 Å². The first-order chi connectivity index (χ1) is 9.11. The van der Waals surface area contributed by atoms with Gasteiger partial charge in [0.1, 0.15) is 0 Å². The highest BCUT2D eigenvalue weighted by molar-refractivity contribution is 5.77. The molecule has 0 heterocycles. The lowest BCUT2D eigenvalue weighted by Gasteiger charge is -2.27. The summed E-state index contributed by atoms with van der Waals surface area (Å²) < 4.78 is 0. The van der Waals surface area contributed by atoms with Crippen molar-refractivity contribution in [3.8, 4) is 0 Å². The lowest BCUT2D eigenvalue weighted by molar-refractivity contribution is -0.122. The number of carbonyl (C=O) groups excluding carboxylic acids is 1. The van der Waals surface area contributed by atoms with E-state index in [9.17, 15) is 4.79 Å². The number of hydrogen-bond donors (Lipinski definition) is 2. The molecule has 3 N–H and O–H groups in total. The quantitative estimate of drug-likeness (QED) is 0.887. The van der Waals surface area contributed by atoms with E-state index in [1.54, 1.807) is 0 Å². The van der Waals surface area contributed by atoms with Crippen LogP contribution in [-0.4, -0.2) is 11.9 Å². The van der Waals surface area contributed by atoms with E-state index in [1.165, 1.54) is 16.7 Å². The second-order valence-electron chi connectivity index (χ2n) is 6.83. The molecule has 3 heteroatoms. The van der Waals surface area contributed by atoms with Gasteiger partial charge in [-0.1, -0.05) is 44.5 Å². The second-order valence-corrected chi connectivity index (χ2v) is 6.83. The van der Waals surface area contributed by atoms with Crippen molar-refractivity contribution in [3.05, 3.63) is 34.9 Å². The van der Waals surface area contributed by atoms with Crippen molar-refractivity contribution in [1.82, 2.24) is 5.32 Å². The van der Waals surface area contributed by atoms with Gasteiger partial charge in [0.05, 0.1) is 6.04 Å². The fourth-order valence-electron chi connectivity index (χ4n) is 2.11. The fraction of sp³-hybridized carbons (Fsp3) is 0.588. The van der Waals surface area contributed by atoms with E-state index >= 15 is 0 Å². The van der Waals surface area contributed by atoms with Crippen LogP contribution in [0.4, 0.5) is 0 Å². The van der Waals surface area contributed by atoms with Gasteiger partial charge in [0.15, 0.2) is 0 Å². The first-order valence-corrected chi connectivity index (χ1v) is 7.23. The van der Waals surface area contributed by atoms with Crippen molar-refractivity contribution in [2.75, 3.05) is 0 Å². The van der Waals surface area contributed by atoms with Crippen LogP contribution in [0.3, 0.4) is 0 Å². The molecule has 1 rings (SSSR count). The minimum atomic E-state index is -0.131. The van der Waals surface area contributed by atoms with Crippen LogP contribution in [0.15, 0.2) is 18.2 Å². The molecule has 0 aliphatic rings. The maximum atomic E-state index is 12.1. The summed E-state index contributed by atoms with van der Waals surface area (Å²) in [4.78, 5) is 12.1. The second kappa shape index (κ2) is 6.40. The first kappa shape index (κ1) is 16.7. The Hall–Kier alpha value is -1.35. The summed E-state index contributed by atoms with van der Waals surface area (Å²) in [6.45, 7) is 12.3. The van der Waals surface area contributed by atoms with Crippen molar-refractivity contribution in [3.63, 3.8) is 0 Å². The van der Waals surface area contributed by atoms with Crippen molar-refractivity contribution in [2.24, 2.45) is 11.1 Å². The average Bonchev–Trinajstić information content (AvgIpc) is 2.30. The van der Waals surface area contributed by atoms with E-state index in [0.29, 0.717) is 6.42 Å². The molecule has 3 nitrogen and oxygen atoms in total. The summed E-state index contributed by atoms with van der Waals surface area (Å²) in [5, 5.41) is 3.05. The first-order valence-electron chi connectivity index (χ1n) is 7.23. The third-order valence-electron chi connectivity index (χ3n) is 3.80. The summed E-state index contributed by atoms with van der Waals surface area (Å²) >= 11 is 0. The van der Waals surface area contributed by atoms with Crippen molar-refractivity contribution >= 4 is 5.91 Å². The Morgan fingerprint density at radius 3 is 2.45 bits per heavy atom. The minimum absolute atomic E-state index is 0.00886. The molecule has 1 amide bonds. The van der Waals surface area contributed by atoms with Crippen LogP contribution in [-0.2, 0) is 4.79 Å². The van der Waals surface area contributed by atoms with Gasteiger partial charge in [-0.2, -0.15) is 0 Å². The van der Waals surface area contributed by atoms with Gasteiger partial charge in [-0.15, -0.1) is 0 Å². The van der Waals surface area contributed by atoms with Crippen molar-refractivity contribution in [1.29, 1.82) is 0 Å². The molecule has 1 aromatic rings.